The molecule has 0 unspecified atom stereocenters. The lowest BCUT2D eigenvalue weighted by atomic mass is 10.2. The minimum atomic E-state index is -3.86. The molecule has 0 aromatic carbocycles. The van der Waals surface area contributed by atoms with Crippen LogP contribution in [0, 0.1) is 0 Å². The molecule has 21 heavy (non-hydrogen) atoms. The molecule has 0 bridgehead atoms. The Morgan fingerprint density at radius 1 is 1.29 bits per heavy atom. The molecule has 0 spiro atoms. The van der Waals surface area contributed by atoms with E-state index in [2.05, 4.69) is 9.50 Å². The van der Waals surface area contributed by atoms with Crippen LogP contribution in [0.5, 0.6) is 0 Å². The first-order valence-corrected chi connectivity index (χ1v) is 8.35. The van der Waals surface area contributed by atoms with Crippen LogP contribution in [0.15, 0.2) is 0 Å². The van der Waals surface area contributed by atoms with E-state index >= 15 is 0 Å². The van der Waals surface area contributed by atoms with E-state index in [-0.39, 0.29) is 12.5 Å². The number of hydrogen-bond acceptors (Lipinski definition) is 6. The fourth-order valence-electron chi connectivity index (χ4n) is 2.37. The Hall–Kier alpha value is -0.740. The van der Waals surface area contributed by atoms with Crippen molar-refractivity contribution >= 4 is 16.3 Å². The Labute approximate surface area is 126 Å². The van der Waals surface area contributed by atoms with Gasteiger partial charge in [-0.1, -0.05) is 0 Å². The molecule has 0 aliphatic carbocycles. The number of ether oxygens (including phenoxy) is 1. The lowest BCUT2D eigenvalue weighted by Gasteiger charge is -2.41. The summed E-state index contributed by atoms with van der Waals surface area (Å²) in [5.41, 5.74) is 0. The maximum atomic E-state index is 11.1. The van der Waals surface area contributed by atoms with E-state index in [1.807, 2.05) is 0 Å². The lowest BCUT2D eigenvalue weighted by Crippen LogP contribution is -2.58. The number of quaternary nitrogens is 1. The third-order valence-corrected chi connectivity index (χ3v) is 4.45. The molecule has 124 valence electrons. The summed E-state index contributed by atoms with van der Waals surface area (Å²) >= 11 is 0. The summed E-state index contributed by atoms with van der Waals surface area (Å²) in [6.45, 7) is 6.85. The van der Waals surface area contributed by atoms with Gasteiger partial charge in [0.25, 0.3) is 0 Å². The van der Waals surface area contributed by atoms with Gasteiger partial charge in [-0.2, -0.15) is 8.42 Å². The monoisotopic (exact) mass is 325 g/mol. The lowest BCUT2D eigenvalue weighted by molar-refractivity contribution is -0.934. The number of nitrogens with zero attached hydrogens (tertiary/aromatic N) is 1. The Morgan fingerprint density at radius 3 is 2.52 bits per heavy atom. The van der Waals surface area contributed by atoms with E-state index in [0.717, 1.165) is 37.8 Å². The highest BCUT2D eigenvalue weighted by molar-refractivity contribution is 7.81. The molecular formula is C12H25N2O6S+. The van der Waals surface area contributed by atoms with Crippen molar-refractivity contribution in [3.8, 4) is 0 Å². The molecular weight excluding hydrogens is 300 g/mol. The molecule has 1 amide bonds. The summed E-state index contributed by atoms with van der Waals surface area (Å²) in [4.78, 5) is 11.0. The molecule has 9 heteroatoms. The highest BCUT2D eigenvalue weighted by Crippen LogP contribution is 2.12. The van der Waals surface area contributed by atoms with Crippen molar-refractivity contribution in [2.24, 2.45) is 0 Å². The number of hydrogen-bond donors (Lipinski definition) is 1. The second-order valence-electron chi connectivity index (χ2n) is 5.08. The van der Waals surface area contributed by atoms with E-state index in [0.29, 0.717) is 26.2 Å². The first kappa shape index (κ1) is 18.3. The van der Waals surface area contributed by atoms with E-state index in [4.69, 9.17) is 8.92 Å². The van der Waals surface area contributed by atoms with Crippen molar-refractivity contribution in [3.63, 3.8) is 0 Å². The fraction of sp³-hybridized carbons (Fsp3) is 0.917. The second kappa shape index (κ2) is 8.64. The van der Waals surface area contributed by atoms with Gasteiger partial charge in [-0.05, 0) is 0 Å². The van der Waals surface area contributed by atoms with Gasteiger partial charge in [-0.3, -0.25) is 8.98 Å². The molecule has 1 N–H and O–H groups in total. The number of morpholine rings is 1. The van der Waals surface area contributed by atoms with Gasteiger partial charge in [-0.15, -0.1) is 0 Å². The van der Waals surface area contributed by atoms with Gasteiger partial charge >= 0.3 is 10.4 Å². The molecule has 1 fully saturated rings. The normalized spacial score (nSPS) is 18.4. The van der Waals surface area contributed by atoms with Crippen LogP contribution in [0.3, 0.4) is 0 Å². The molecule has 1 aliphatic heterocycles. The molecule has 0 aromatic heterocycles. The molecule has 0 aromatic rings. The summed E-state index contributed by atoms with van der Waals surface area (Å²) in [5, 5.41) is 2.80. The average Bonchev–Trinajstić information content (AvgIpc) is 2.44. The molecule has 1 rings (SSSR count). The first-order chi connectivity index (χ1) is 9.89. The van der Waals surface area contributed by atoms with Crippen LogP contribution in [0.25, 0.3) is 0 Å². The van der Waals surface area contributed by atoms with Gasteiger partial charge < -0.3 is 14.5 Å². The van der Waals surface area contributed by atoms with E-state index in [1.54, 1.807) is 0 Å². The Morgan fingerprint density at radius 2 is 1.95 bits per heavy atom. The van der Waals surface area contributed by atoms with Crippen LogP contribution in [0.4, 0.5) is 0 Å². The SMILES string of the molecule is COS(=O)(=O)OCCC[N+]1(CCNC(C)=O)CCOCC1. The predicted octanol–water partition coefficient (Wildman–Crippen LogP) is -0.733. The molecule has 0 radical (unpaired) electrons. The largest absolute Gasteiger partial charge is 0.399 e. The quantitative estimate of drug-likeness (QED) is 0.444. The Balaban J connectivity index is 2.40. The second-order valence-corrected chi connectivity index (χ2v) is 6.47. The zero-order valence-corrected chi connectivity index (χ0v) is 13.5. The van der Waals surface area contributed by atoms with Crippen LogP contribution < -0.4 is 5.32 Å². The van der Waals surface area contributed by atoms with E-state index in [1.165, 1.54) is 6.92 Å². The van der Waals surface area contributed by atoms with Crippen LogP contribution in [-0.2, 0) is 28.3 Å². The molecule has 1 heterocycles. The first-order valence-electron chi connectivity index (χ1n) is 7.01. The van der Waals surface area contributed by atoms with Crippen molar-refractivity contribution in [1.29, 1.82) is 0 Å². The van der Waals surface area contributed by atoms with Crippen LogP contribution in [-0.4, -0.2) is 78.5 Å². The molecule has 0 saturated carbocycles. The zero-order valence-electron chi connectivity index (χ0n) is 12.7. The van der Waals surface area contributed by atoms with E-state index in [9.17, 15) is 13.2 Å². The Kier molecular flexibility index (Phi) is 7.53. The Bertz CT molecular complexity index is 419. The summed E-state index contributed by atoms with van der Waals surface area (Å²) in [6, 6.07) is 0. The predicted molar refractivity (Wildman–Crippen MR) is 75.7 cm³/mol. The van der Waals surface area contributed by atoms with Gasteiger partial charge in [-0.25, -0.2) is 4.18 Å². The summed E-state index contributed by atoms with van der Waals surface area (Å²) < 4.78 is 37.2. The van der Waals surface area contributed by atoms with Gasteiger partial charge in [0.05, 0.1) is 46.6 Å². The smallest absolute Gasteiger partial charge is 0.370 e. The number of carbonyl (C=O) groups is 1. The summed E-state index contributed by atoms with van der Waals surface area (Å²) in [7, 11) is -2.79. The van der Waals surface area contributed by atoms with Gasteiger partial charge in [0.2, 0.25) is 5.91 Å². The average molecular weight is 325 g/mol. The third-order valence-electron chi connectivity index (χ3n) is 3.59. The molecule has 1 saturated heterocycles. The highest BCUT2D eigenvalue weighted by atomic mass is 32.3. The van der Waals surface area contributed by atoms with Crippen molar-refractivity contribution in [3.05, 3.63) is 0 Å². The summed E-state index contributed by atoms with van der Waals surface area (Å²) in [5.74, 6) is -0.0454. The van der Waals surface area contributed by atoms with Crippen molar-refractivity contribution in [1.82, 2.24) is 5.32 Å². The topological polar surface area (TPSA) is 90.9 Å². The van der Waals surface area contributed by atoms with Crippen LogP contribution in [0.1, 0.15) is 13.3 Å². The van der Waals surface area contributed by atoms with Gasteiger partial charge in [0.15, 0.2) is 0 Å². The highest BCUT2D eigenvalue weighted by Gasteiger charge is 2.29. The summed E-state index contributed by atoms with van der Waals surface area (Å²) in [6.07, 6.45) is 0.600. The fourth-order valence-corrected chi connectivity index (χ4v) is 2.79. The minimum Gasteiger partial charge on any atom is -0.370 e. The number of amides is 1. The molecule has 1 aliphatic rings. The number of nitrogens with one attached hydrogen (secondary N) is 1. The van der Waals surface area contributed by atoms with Crippen LogP contribution >= 0.6 is 0 Å². The van der Waals surface area contributed by atoms with Crippen molar-refractivity contribution < 1.29 is 30.8 Å². The number of carbonyl (C=O) groups excluding carboxylic acids is 1. The molecule has 0 atom stereocenters. The van der Waals surface area contributed by atoms with Gasteiger partial charge in [0, 0.05) is 13.3 Å². The standard InChI is InChI=1S/C12H24N2O6S/c1-12(15)13-4-6-14(7-10-19-11-8-14)5-3-9-20-21(16,17)18-2/h3-11H2,1-2H3/p+1. The zero-order chi connectivity index (χ0) is 15.8. The van der Waals surface area contributed by atoms with Crippen molar-refractivity contribution in [2.75, 3.05) is 59.7 Å². The maximum Gasteiger partial charge on any atom is 0.399 e. The molecule has 8 nitrogen and oxygen atoms in total. The minimum absolute atomic E-state index is 0.0454. The van der Waals surface area contributed by atoms with Crippen molar-refractivity contribution in [2.45, 2.75) is 13.3 Å². The van der Waals surface area contributed by atoms with Crippen LogP contribution in [0.2, 0.25) is 0 Å². The van der Waals surface area contributed by atoms with Gasteiger partial charge in [0.1, 0.15) is 13.1 Å². The number of rotatable bonds is 9. The third kappa shape index (κ3) is 7.18. The van der Waals surface area contributed by atoms with E-state index < -0.39 is 10.4 Å². The maximum absolute atomic E-state index is 11.1.